The van der Waals surface area contributed by atoms with E-state index in [1.165, 1.54) is 0 Å². The summed E-state index contributed by atoms with van der Waals surface area (Å²) in [4.78, 5) is 11.6. The molecular formula is C19H19BrO2. The van der Waals surface area contributed by atoms with Crippen LogP contribution in [0.25, 0.3) is 12.2 Å². The van der Waals surface area contributed by atoms with Gasteiger partial charge >= 0.3 is 5.97 Å². The molecule has 2 aromatic rings. The molecule has 0 fully saturated rings. The predicted octanol–water partition coefficient (Wildman–Crippen LogP) is 5.63. The van der Waals surface area contributed by atoms with Gasteiger partial charge in [0.15, 0.2) is 0 Å². The quantitative estimate of drug-likeness (QED) is 0.393. The lowest BCUT2D eigenvalue weighted by Gasteiger charge is -2.07. The van der Waals surface area contributed by atoms with E-state index in [1.807, 2.05) is 50.3 Å². The molecule has 0 atom stereocenters. The Morgan fingerprint density at radius 2 is 1.86 bits per heavy atom. The molecular weight excluding hydrogens is 340 g/mol. The molecule has 0 N–H and O–H groups in total. The largest absolute Gasteiger partial charge is 0.426 e. The molecule has 0 unspecified atom stereocenters. The second-order valence-corrected chi connectivity index (χ2v) is 6.05. The number of hydrogen-bond acceptors (Lipinski definition) is 2. The molecule has 2 rings (SSSR count). The van der Waals surface area contributed by atoms with Crippen LogP contribution in [0.3, 0.4) is 0 Å². The molecule has 114 valence electrons. The molecule has 0 heterocycles. The minimum atomic E-state index is -0.178. The van der Waals surface area contributed by atoms with Gasteiger partial charge in [0, 0.05) is 10.9 Å². The van der Waals surface area contributed by atoms with E-state index in [9.17, 15) is 4.79 Å². The number of hydrogen-bond donors (Lipinski definition) is 0. The summed E-state index contributed by atoms with van der Waals surface area (Å²) in [7, 11) is 0. The van der Waals surface area contributed by atoms with Crippen LogP contribution in [0.4, 0.5) is 0 Å². The fraction of sp³-hybridized carbons (Fsp3) is 0.211. The minimum absolute atomic E-state index is 0.178. The van der Waals surface area contributed by atoms with Gasteiger partial charge in [-0.25, -0.2) is 0 Å². The third kappa shape index (κ3) is 4.85. The van der Waals surface area contributed by atoms with E-state index in [1.54, 1.807) is 0 Å². The first-order valence-electron chi connectivity index (χ1n) is 7.33. The molecule has 22 heavy (non-hydrogen) atoms. The number of esters is 1. The molecule has 0 aliphatic carbocycles. The van der Waals surface area contributed by atoms with Crippen LogP contribution in [0, 0.1) is 6.92 Å². The monoisotopic (exact) mass is 358 g/mol. The zero-order valence-electron chi connectivity index (χ0n) is 12.8. The Morgan fingerprint density at radius 1 is 1.14 bits per heavy atom. The molecule has 0 aliphatic rings. The predicted molar refractivity (Wildman–Crippen MR) is 94.8 cm³/mol. The van der Waals surface area contributed by atoms with Crippen LogP contribution in [-0.2, 0) is 4.79 Å². The van der Waals surface area contributed by atoms with Crippen molar-refractivity contribution in [1.82, 2.24) is 0 Å². The number of ether oxygens (including phenoxy) is 1. The lowest BCUT2D eigenvalue weighted by Crippen LogP contribution is -2.07. The van der Waals surface area contributed by atoms with Crippen LogP contribution in [0.2, 0.25) is 0 Å². The Hall–Kier alpha value is -1.87. The molecule has 0 spiro atoms. The highest BCUT2D eigenvalue weighted by molar-refractivity contribution is 9.10. The normalized spacial score (nSPS) is 10.9. The molecule has 0 saturated heterocycles. The molecule has 2 aromatic carbocycles. The second-order valence-electron chi connectivity index (χ2n) is 5.14. The SMILES string of the molecule is CCCC(=O)Oc1ccc(C=Cc2cccc(Br)c2)cc1C. The maximum Gasteiger partial charge on any atom is 0.311 e. The van der Waals surface area contributed by atoms with E-state index in [4.69, 9.17) is 4.74 Å². The summed E-state index contributed by atoms with van der Waals surface area (Å²) in [6.45, 7) is 3.91. The van der Waals surface area contributed by atoms with Crippen molar-refractivity contribution in [3.63, 3.8) is 0 Å². The lowest BCUT2D eigenvalue weighted by molar-refractivity contribution is -0.134. The highest BCUT2D eigenvalue weighted by Crippen LogP contribution is 2.21. The smallest absolute Gasteiger partial charge is 0.311 e. The van der Waals surface area contributed by atoms with Gasteiger partial charge in [0.2, 0.25) is 0 Å². The molecule has 0 aromatic heterocycles. The third-order valence-electron chi connectivity index (χ3n) is 3.19. The number of benzene rings is 2. The van der Waals surface area contributed by atoms with Crippen molar-refractivity contribution in [1.29, 1.82) is 0 Å². The van der Waals surface area contributed by atoms with Crippen molar-refractivity contribution in [3.05, 3.63) is 63.6 Å². The van der Waals surface area contributed by atoms with Gasteiger partial charge in [-0.1, -0.05) is 53.2 Å². The standard InChI is InChI=1S/C19H19BrO2/c1-3-5-19(21)22-18-11-10-16(12-14(18)2)9-8-15-6-4-7-17(20)13-15/h4,6-13H,3,5H2,1-2H3. The van der Waals surface area contributed by atoms with Crippen LogP contribution in [0.15, 0.2) is 46.9 Å². The fourth-order valence-corrected chi connectivity index (χ4v) is 2.49. The number of carbonyl (C=O) groups excluding carboxylic acids is 1. The van der Waals surface area contributed by atoms with Crippen LogP contribution in [0.1, 0.15) is 36.5 Å². The van der Waals surface area contributed by atoms with Crippen LogP contribution in [0.5, 0.6) is 5.75 Å². The van der Waals surface area contributed by atoms with Gasteiger partial charge in [0.1, 0.15) is 5.75 Å². The highest BCUT2D eigenvalue weighted by Gasteiger charge is 2.06. The molecule has 0 radical (unpaired) electrons. The highest BCUT2D eigenvalue weighted by atomic mass is 79.9. The Bertz CT molecular complexity index is 690. The maximum atomic E-state index is 11.6. The van der Waals surface area contributed by atoms with E-state index in [0.29, 0.717) is 12.2 Å². The van der Waals surface area contributed by atoms with Gasteiger partial charge in [0.25, 0.3) is 0 Å². The summed E-state index contributed by atoms with van der Waals surface area (Å²) >= 11 is 3.46. The van der Waals surface area contributed by atoms with Gasteiger partial charge in [0.05, 0.1) is 0 Å². The average Bonchev–Trinajstić information content (AvgIpc) is 2.48. The van der Waals surface area contributed by atoms with Crippen molar-refractivity contribution in [3.8, 4) is 5.75 Å². The minimum Gasteiger partial charge on any atom is -0.426 e. The van der Waals surface area contributed by atoms with Crippen molar-refractivity contribution >= 4 is 34.1 Å². The Balaban J connectivity index is 2.10. The summed E-state index contributed by atoms with van der Waals surface area (Å²) < 4.78 is 6.41. The summed E-state index contributed by atoms with van der Waals surface area (Å²) in [5.74, 6) is 0.459. The van der Waals surface area contributed by atoms with Gasteiger partial charge < -0.3 is 4.74 Å². The summed E-state index contributed by atoms with van der Waals surface area (Å²) in [5, 5.41) is 0. The Labute approximate surface area is 139 Å². The van der Waals surface area contributed by atoms with Crippen molar-refractivity contribution in [2.45, 2.75) is 26.7 Å². The number of rotatable bonds is 5. The number of halogens is 1. The van der Waals surface area contributed by atoms with Crippen molar-refractivity contribution < 1.29 is 9.53 Å². The lowest BCUT2D eigenvalue weighted by atomic mass is 10.1. The van der Waals surface area contributed by atoms with E-state index in [2.05, 4.69) is 34.1 Å². The van der Waals surface area contributed by atoms with Gasteiger partial charge in [-0.05, 0) is 54.3 Å². The Morgan fingerprint density at radius 3 is 2.50 bits per heavy atom. The third-order valence-corrected chi connectivity index (χ3v) is 3.69. The zero-order chi connectivity index (χ0) is 15.9. The number of aryl methyl sites for hydroxylation is 1. The fourth-order valence-electron chi connectivity index (χ4n) is 2.07. The van der Waals surface area contributed by atoms with Gasteiger partial charge in [-0.2, -0.15) is 0 Å². The molecule has 0 aliphatic heterocycles. The van der Waals surface area contributed by atoms with Crippen molar-refractivity contribution in [2.24, 2.45) is 0 Å². The second kappa shape index (κ2) is 7.95. The maximum absolute atomic E-state index is 11.6. The van der Waals surface area contributed by atoms with Crippen LogP contribution in [-0.4, -0.2) is 5.97 Å². The van der Waals surface area contributed by atoms with Gasteiger partial charge in [-0.15, -0.1) is 0 Å². The summed E-state index contributed by atoms with van der Waals surface area (Å²) in [5.41, 5.74) is 3.17. The van der Waals surface area contributed by atoms with E-state index < -0.39 is 0 Å². The van der Waals surface area contributed by atoms with E-state index in [0.717, 1.165) is 27.6 Å². The average molecular weight is 359 g/mol. The topological polar surface area (TPSA) is 26.3 Å². The van der Waals surface area contributed by atoms with E-state index >= 15 is 0 Å². The first-order valence-corrected chi connectivity index (χ1v) is 8.13. The molecule has 0 bridgehead atoms. The first kappa shape index (κ1) is 16.5. The van der Waals surface area contributed by atoms with Crippen molar-refractivity contribution in [2.75, 3.05) is 0 Å². The molecule has 3 heteroatoms. The molecule has 0 amide bonds. The zero-order valence-corrected chi connectivity index (χ0v) is 14.4. The van der Waals surface area contributed by atoms with Gasteiger partial charge in [-0.3, -0.25) is 4.79 Å². The Kier molecular flexibility index (Phi) is 5.96. The van der Waals surface area contributed by atoms with E-state index in [-0.39, 0.29) is 5.97 Å². The van der Waals surface area contributed by atoms with Crippen LogP contribution >= 0.6 is 15.9 Å². The number of carbonyl (C=O) groups is 1. The molecule has 2 nitrogen and oxygen atoms in total. The molecule has 0 saturated carbocycles. The first-order chi connectivity index (χ1) is 10.6. The summed E-state index contributed by atoms with van der Waals surface area (Å²) in [6.07, 6.45) is 5.35. The summed E-state index contributed by atoms with van der Waals surface area (Å²) in [6, 6.07) is 13.9. The van der Waals surface area contributed by atoms with Crippen LogP contribution < -0.4 is 4.74 Å².